The Bertz CT molecular complexity index is 765. The van der Waals surface area contributed by atoms with Crippen LogP contribution in [0.2, 0.25) is 0 Å². The lowest BCUT2D eigenvalue weighted by atomic mass is 9.87. The summed E-state index contributed by atoms with van der Waals surface area (Å²) in [6.07, 6.45) is 0. The third-order valence-electron chi connectivity index (χ3n) is 5.42. The molecule has 5 heteroatoms. The molecular weight excluding hydrogens is 339 g/mol. The fraction of sp³-hybridized carbons (Fsp3) is 0.350. The number of nitrogens with one attached hydrogen (secondary N) is 1. The summed E-state index contributed by atoms with van der Waals surface area (Å²) in [7, 11) is 0. The normalized spacial score (nSPS) is 24.7. The number of benzene rings is 2. The summed E-state index contributed by atoms with van der Waals surface area (Å²) in [5, 5.41) is 3.46. The summed E-state index contributed by atoms with van der Waals surface area (Å²) in [5.74, 6) is 0.608. The lowest BCUT2D eigenvalue weighted by molar-refractivity contribution is 0.0713. The minimum absolute atomic E-state index is 0. The lowest BCUT2D eigenvalue weighted by Crippen LogP contribution is -2.35. The summed E-state index contributed by atoms with van der Waals surface area (Å²) in [4.78, 5) is 15.1. The SMILES string of the molecule is Cc1ccccc1[C@@H]1[C@H]2CNC[C@H]2CN1C(=O)c1ccc(F)cc1.Cl. The van der Waals surface area contributed by atoms with E-state index in [1.165, 1.54) is 23.3 Å². The zero-order valence-electron chi connectivity index (χ0n) is 14.1. The molecule has 0 radical (unpaired) electrons. The van der Waals surface area contributed by atoms with E-state index >= 15 is 0 Å². The highest BCUT2D eigenvalue weighted by Crippen LogP contribution is 2.44. The van der Waals surface area contributed by atoms with E-state index < -0.39 is 0 Å². The number of carbonyl (C=O) groups is 1. The van der Waals surface area contributed by atoms with Gasteiger partial charge in [-0.1, -0.05) is 24.3 Å². The molecule has 0 saturated carbocycles. The number of hydrogen-bond acceptors (Lipinski definition) is 2. The summed E-state index contributed by atoms with van der Waals surface area (Å²) in [6.45, 7) is 4.76. The Morgan fingerprint density at radius 1 is 1.12 bits per heavy atom. The Balaban J connectivity index is 0.00000182. The average molecular weight is 361 g/mol. The van der Waals surface area contributed by atoms with E-state index in [0.29, 0.717) is 17.4 Å². The molecule has 2 aliphatic heterocycles. The molecule has 3 nitrogen and oxygen atoms in total. The van der Waals surface area contributed by atoms with E-state index in [0.717, 1.165) is 19.6 Å². The van der Waals surface area contributed by atoms with Gasteiger partial charge in [-0.2, -0.15) is 0 Å². The minimum Gasteiger partial charge on any atom is -0.331 e. The van der Waals surface area contributed by atoms with Crippen molar-refractivity contribution in [1.82, 2.24) is 10.2 Å². The molecule has 0 bridgehead atoms. The maximum Gasteiger partial charge on any atom is 0.254 e. The molecule has 0 aromatic heterocycles. The van der Waals surface area contributed by atoms with Crippen LogP contribution in [0.3, 0.4) is 0 Å². The number of halogens is 2. The molecule has 2 aromatic rings. The molecule has 2 saturated heterocycles. The zero-order chi connectivity index (χ0) is 16.7. The van der Waals surface area contributed by atoms with Crippen LogP contribution in [-0.4, -0.2) is 30.4 Å². The highest BCUT2D eigenvalue weighted by molar-refractivity contribution is 5.94. The predicted octanol–water partition coefficient (Wildman–Crippen LogP) is 3.59. The summed E-state index contributed by atoms with van der Waals surface area (Å²) >= 11 is 0. The quantitative estimate of drug-likeness (QED) is 0.887. The Morgan fingerprint density at radius 3 is 2.56 bits per heavy atom. The maximum atomic E-state index is 13.2. The molecule has 1 N–H and O–H groups in total. The van der Waals surface area contributed by atoms with E-state index in [9.17, 15) is 9.18 Å². The van der Waals surface area contributed by atoms with Crippen LogP contribution >= 0.6 is 12.4 Å². The standard InChI is InChI=1S/C20H21FN2O.ClH/c1-13-4-2-3-5-17(13)19-18-11-22-10-15(18)12-23(19)20(24)14-6-8-16(21)9-7-14;/h2-9,15,18-19,22H,10-12H2,1H3;1H/t15-,18-,19+;/m0./s1. The molecule has 2 aromatic carbocycles. The fourth-order valence-electron chi connectivity index (χ4n) is 4.20. The number of likely N-dealkylation sites (tertiary alicyclic amines) is 1. The summed E-state index contributed by atoms with van der Waals surface area (Å²) in [6, 6.07) is 14.3. The van der Waals surface area contributed by atoms with Gasteiger partial charge in [0.1, 0.15) is 5.82 Å². The smallest absolute Gasteiger partial charge is 0.254 e. The van der Waals surface area contributed by atoms with Crippen molar-refractivity contribution in [2.45, 2.75) is 13.0 Å². The van der Waals surface area contributed by atoms with Crippen molar-refractivity contribution in [3.05, 3.63) is 71.0 Å². The van der Waals surface area contributed by atoms with E-state index in [1.807, 2.05) is 17.0 Å². The molecule has 3 atom stereocenters. The Hall–Kier alpha value is -1.91. The molecule has 132 valence electrons. The van der Waals surface area contributed by atoms with Crippen molar-refractivity contribution in [3.63, 3.8) is 0 Å². The molecule has 2 fully saturated rings. The van der Waals surface area contributed by atoms with E-state index in [2.05, 4.69) is 24.4 Å². The van der Waals surface area contributed by atoms with Crippen LogP contribution in [0.25, 0.3) is 0 Å². The van der Waals surface area contributed by atoms with Gasteiger partial charge in [0.2, 0.25) is 0 Å². The highest BCUT2D eigenvalue weighted by Gasteiger charge is 2.47. The second-order valence-electron chi connectivity index (χ2n) is 6.85. The third-order valence-corrected chi connectivity index (χ3v) is 5.42. The molecule has 4 rings (SSSR count). The van der Waals surface area contributed by atoms with Gasteiger partial charge in [-0.3, -0.25) is 4.79 Å². The molecular formula is C20H22ClFN2O. The van der Waals surface area contributed by atoms with Crippen LogP contribution < -0.4 is 5.32 Å². The van der Waals surface area contributed by atoms with Gasteiger partial charge in [0.05, 0.1) is 6.04 Å². The van der Waals surface area contributed by atoms with Crippen molar-refractivity contribution < 1.29 is 9.18 Å². The number of hydrogen-bond donors (Lipinski definition) is 1. The molecule has 25 heavy (non-hydrogen) atoms. The topological polar surface area (TPSA) is 32.3 Å². The number of nitrogens with zero attached hydrogens (tertiary/aromatic N) is 1. The van der Waals surface area contributed by atoms with E-state index in [4.69, 9.17) is 0 Å². The predicted molar refractivity (Wildman–Crippen MR) is 98.5 cm³/mol. The van der Waals surface area contributed by atoms with Gasteiger partial charge in [-0.25, -0.2) is 4.39 Å². The van der Waals surface area contributed by atoms with Crippen molar-refractivity contribution in [1.29, 1.82) is 0 Å². The average Bonchev–Trinajstić information content (AvgIpc) is 3.16. The molecule has 1 amide bonds. The largest absolute Gasteiger partial charge is 0.331 e. The summed E-state index contributed by atoms with van der Waals surface area (Å²) in [5.41, 5.74) is 3.00. The second-order valence-corrected chi connectivity index (χ2v) is 6.85. The molecule has 0 spiro atoms. The first-order chi connectivity index (χ1) is 11.6. The number of carbonyl (C=O) groups excluding carboxylic acids is 1. The molecule has 0 unspecified atom stereocenters. The monoisotopic (exact) mass is 360 g/mol. The van der Waals surface area contributed by atoms with E-state index in [1.54, 1.807) is 12.1 Å². The van der Waals surface area contributed by atoms with Gasteiger partial charge in [0, 0.05) is 31.1 Å². The van der Waals surface area contributed by atoms with Gasteiger partial charge in [-0.15, -0.1) is 12.4 Å². The molecule has 2 heterocycles. The van der Waals surface area contributed by atoms with Gasteiger partial charge < -0.3 is 10.2 Å². The Kier molecular flexibility index (Phi) is 5.11. The van der Waals surface area contributed by atoms with Crippen molar-refractivity contribution in [2.75, 3.05) is 19.6 Å². The molecule has 0 aliphatic carbocycles. The van der Waals surface area contributed by atoms with E-state index in [-0.39, 0.29) is 30.2 Å². The number of fused-ring (bicyclic) bond motifs is 1. The van der Waals surface area contributed by atoms with Gasteiger partial charge >= 0.3 is 0 Å². The lowest BCUT2D eigenvalue weighted by Gasteiger charge is -2.29. The highest BCUT2D eigenvalue weighted by atomic mass is 35.5. The number of aryl methyl sites for hydroxylation is 1. The van der Waals surface area contributed by atoms with Crippen LogP contribution in [0.15, 0.2) is 48.5 Å². The third kappa shape index (κ3) is 3.16. The number of amides is 1. The Labute approximate surface area is 153 Å². The van der Waals surface area contributed by atoms with Gasteiger partial charge in [0.25, 0.3) is 5.91 Å². The van der Waals surface area contributed by atoms with Crippen LogP contribution in [0.4, 0.5) is 4.39 Å². The fourth-order valence-corrected chi connectivity index (χ4v) is 4.20. The molecule has 2 aliphatic rings. The second kappa shape index (κ2) is 7.14. The van der Waals surface area contributed by atoms with Crippen molar-refractivity contribution in [3.8, 4) is 0 Å². The van der Waals surface area contributed by atoms with Crippen molar-refractivity contribution >= 4 is 18.3 Å². The first-order valence-corrected chi connectivity index (χ1v) is 8.48. The van der Waals surface area contributed by atoms with Crippen LogP contribution in [0.5, 0.6) is 0 Å². The van der Waals surface area contributed by atoms with Gasteiger partial charge in [0.15, 0.2) is 0 Å². The first kappa shape index (κ1) is 17.9. The van der Waals surface area contributed by atoms with Crippen molar-refractivity contribution in [2.24, 2.45) is 11.8 Å². The van der Waals surface area contributed by atoms with Crippen LogP contribution in [0.1, 0.15) is 27.5 Å². The minimum atomic E-state index is -0.315. The number of rotatable bonds is 2. The van der Waals surface area contributed by atoms with Crippen LogP contribution in [0, 0.1) is 24.6 Å². The first-order valence-electron chi connectivity index (χ1n) is 8.48. The Morgan fingerprint density at radius 2 is 1.84 bits per heavy atom. The summed E-state index contributed by atoms with van der Waals surface area (Å²) < 4.78 is 13.2. The maximum absolute atomic E-state index is 13.2. The zero-order valence-corrected chi connectivity index (χ0v) is 14.9. The van der Waals surface area contributed by atoms with Gasteiger partial charge in [-0.05, 0) is 48.2 Å². The van der Waals surface area contributed by atoms with Crippen LogP contribution in [-0.2, 0) is 0 Å².